The van der Waals surface area contributed by atoms with Crippen LogP contribution in [0, 0.1) is 0 Å². The highest BCUT2D eigenvalue weighted by Crippen LogP contribution is 2.16. The molecule has 0 atom stereocenters. The first-order valence-electron chi connectivity index (χ1n) is 7.04. The smallest absolute Gasteiger partial charge is 0.291 e. The van der Waals surface area contributed by atoms with Crippen molar-refractivity contribution in [3.8, 4) is 0 Å². The number of carbonyl (C=O) groups is 2. The summed E-state index contributed by atoms with van der Waals surface area (Å²) in [6.07, 6.45) is 0.742. The molecular formula is C16H17BrN2O4. The first-order chi connectivity index (χ1) is 11.1. The van der Waals surface area contributed by atoms with E-state index in [4.69, 9.17) is 9.15 Å². The fraction of sp³-hybridized carbons (Fsp3) is 0.250. The minimum atomic E-state index is -0.381. The molecule has 6 nitrogen and oxygen atoms in total. The molecule has 0 unspecified atom stereocenters. The Labute approximate surface area is 142 Å². The van der Waals surface area contributed by atoms with Crippen molar-refractivity contribution in [2.24, 2.45) is 0 Å². The third-order valence-electron chi connectivity index (χ3n) is 2.99. The van der Waals surface area contributed by atoms with Crippen LogP contribution in [0.3, 0.4) is 0 Å². The highest BCUT2D eigenvalue weighted by molar-refractivity contribution is 9.10. The number of hydrogen-bond donors (Lipinski definition) is 2. The topological polar surface area (TPSA) is 80.6 Å². The van der Waals surface area contributed by atoms with Crippen LogP contribution in [0.15, 0.2) is 45.5 Å². The quantitative estimate of drug-likeness (QED) is 0.723. The van der Waals surface area contributed by atoms with Crippen molar-refractivity contribution in [3.63, 3.8) is 0 Å². The molecule has 23 heavy (non-hydrogen) atoms. The van der Waals surface area contributed by atoms with E-state index in [1.54, 1.807) is 43.5 Å². The number of halogens is 1. The molecule has 1 aromatic heterocycles. The Hall–Kier alpha value is -2.12. The number of ether oxygens (including phenoxy) is 1. The van der Waals surface area contributed by atoms with Crippen molar-refractivity contribution in [2.45, 2.75) is 6.42 Å². The zero-order chi connectivity index (χ0) is 16.7. The number of methoxy groups -OCH3 is 1. The number of benzene rings is 1. The molecule has 2 rings (SSSR count). The molecule has 0 fully saturated rings. The highest BCUT2D eigenvalue weighted by atomic mass is 79.9. The molecule has 0 spiro atoms. The normalized spacial score (nSPS) is 10.3. The van der Waals surface area contributed by atoms with Crippen LogP contribution in [0.25, 0.3) is 0 Å². The maximum absolute atomic E-state index is 12.0. The van der Waals surface area contributed by atoms with Crippen LogP contribution in [-0.2, 0) is 4.74 Å². The second-order valence-corrected chi connectivity index (χ2v) is 5.52. The third-order valence-corrected chi connectivity index (χ3v) is 3.42. The van der Waals surface area contributed by atoms with Crippen molar-refractivity contribution >= 4 is 33.4 Å². The Morgan fingerprint density at radius 3 is 2.74 bits per heavy atom. The summed E-state index contributed by atoms with van der Waals surface area (Å²) in [4.78, 5) is 24.0. The second kappa shape index (κ2) is 8.50. The first kappa shape index (κ1) is 17.2. The molecule has 2 N–H and O–H groups in total. The lowest BCUT2D eigenvalue weighted by atomic mass is 10.2. The fourth-order valence-electron chi connectivity index (χ4n) is 1.89. The molecule has 0 saturated heterocycles. The molecule has 2 amide bonds. The summed E-state index contributed by atoms with van der Waals surface area (Å²) in [6.45, 7) is 1.12. The van der Waals surface area contributed by atoms with Gasteiger partial charge in [-0.15, -0.1) is 0 Å². The minimum Gasteiger partial charge on any atom is -0.444 e. The number of rotatable bonds is 7. The van der Waals surface area contributed by atoms with Crippen LogP contribution in [0.5, 0.6) is 0 Å². The Balaban J connectivity index is 1.96. The lowest BCUT2D eigenvalue weighted by molar-refractivity contribution is 0.0946. The Morgan fingerprint density at radius 2 is 2.04 bits per heavy atom. The van der Waals surface area contributed by atoms with Crippen LogP contribution in [0.1, 0.15) is 27.3 Å². The van der Waals surface area contributed by atoms with Gasteiger partial charge in [-0.2, -0.15) is 0 Å². The Morgan fingerprint density at radius 1 is 1.22 bits per heavy atom. The standard InChI is InChI=1S/C16H17BrN2O4/c1-22-9-3-8-18-15(20)11-4-2-5-12(10-11)19-16(21)13-6-7-14(17)23-13/h2,4-7,10H,3,8-9H2,1H3,(H,18,20)(H,19,21). The number of nitrogens with one attached hydrogen (secondary N) is 2. The monoisotopic (exact) mass is 380 g/mol. The number of amides is 2. The molecule has 0 saturated carbocycles. The first-order valence-corrected chi connectivity index (χ1v) is 7.83. The molecule has 0 aliphatic rings. The van der Waals surface area contributed by atoms with Gasteiger partial charge in [-0.25, -0.2) is 0 Å². The van der Waals surface area contributed by atoms with Crippen LogP contribution in [0.4, 0.5) is 5.69 Å². The zero-order valence-corrected chi connectivity index (χ0v) is 14.2. The summed E-state index contributed by atoms with van der Waals surface area (Å²) >= 11 is 3.14. The van der Waals surface area contributed by atoms with Crippen LogP contribution in [0.2, 0.25) is 0 Å². The molecule has 2 aromatic rings. The maximum atomic E-state index is 12.0. The van der Waals surface area contributed by atoms with Crippen molar-refractivity contribution < 1.29 is 18.7 Å². The Bertz CT molecular complexity index is 684. The van der Waals surface area contributed by atoms with E-state index in [0.29, 0.717) is 29.1 Å². The summed E-state index contributed by atoms with van der Waals surface area (Å²) in [6, 6.07) is 9.91. The van der Waals surface area contributed by atoms with Crippen molar-refractivity contribution in [1.29, 1.82) is 0 Å². The maximum Gasteiger partial charge on any atom is 0.291 e. The van der Waals surface area contributed by atoms with Crippen LogP contribution in [-0.4, -0.2) is 32.1 Å². The summed E-state index contributed by atoms with van der Waals surface area (Å²) in [5.41, 5.74) is 0.993. The molecule has 7 heteroatoms. The van der Waals surface area contributed by atoms with Crippen molar-refractivity contribution in [1.82, 2.24) is 5.32 Å². The van der Waals surface area contributed by atoms with Gasteiger partial charge in [-0.1, -0.05) is 6.07 Å². The lowest BCUT2D eigenvalue weighted by Crippen LogP contribution is -2.25. The van der Waals surface area contributed by atoms with Gasteiger partial charge >= 0.3 is 0 Å². The van der Waals surface area contributed by atoms with Crippen molar-refractivity contribution in [2.75, 3.05) is 25.6 Å². The van der Waals surface area contributed by atoms with Gasteiger partial charge in [0.25, 0.3) is 11.8 Å². The number of anilines is 1. The number of carbonyl (C=O) groups excluding carboxylic acids is 2. The van der Waals surface area contributed by atoms with Crippen LogP contribution < -0.4 is 10.6 Å². The number of furan rings is 1. The SMILES string of the molecule is COCCCNC(=O)c1cccc(NC(=O)c2ccc(Br)o2)c1. The molecule has 1 heterocycles. The van der Waals surface area contributed by atoms with E-state index < -0.39 is 0 Å². The average Bonchev–Trinajstić information content (AvgIpc) is 2.98. The van der Waals surface area contributed by atoms with E-state index in [9.17, 15) is 9.59 Å². The fourth-order valence-corrected chi connectivity index (χ4v) is 2.19. The van der Waals surface area contributed by atoms with E-state index in [1.165, 1.54) is 0 Å². The predicted molar refractivity (Wildman–Crippen MR) is 89.6 cm³/mol. The molecule has 0 aliphatic heterocycles. The Kier molecular flexibility index (Phi) is 6.37. The summed E-state index contributed by atoms with van der Waals surface area (Å²) in [5.74, 6) is -0.391. The molecule has 122 valence electrons. The summed E-state index contributed by atoms with van der Waals surface area (Å²) in [5, 5.41) is 5.48. The summed E-state index contributed by atoms with van der Waals surface area (Å²) < 4.78 is 10.6. The predicted octanol–water partition coefficient (Wildman–Crippen LogP) is 3.06. The molecule has 0 aliphatic carbocycles. The molecular weight excluding hydrogens is 364 g/mol. The largest absolute Gasteiger partial charge is 0.444 e. The van der Waals surface area contributed by atoms with E-state index in [2.05, 4.69) is 26.6 Å². The molecule has 0 bridgehead atoms. The van der Waals surface area contributed by atoms with Crippen molar-refractivity contribution in [3.05, 3.63) is 52.4 Å². The van der Waals surface area contributed by atoms with E-state index in [-0.39, 0.29) is 17.6 Å². The molecule has 0 radical (unpaired) electrons. The number of hydrogen-bond acceptors (Lipinski definition) is 4. The van der Waals surface area contributed by atoms with Gasteiger partial charge in [-0.3, -0.25) is 9.59 Å². The van der Waals surface area contributed by atoms with Gasteiger partial charge in [0, 0.05) is 31.5 Å². The third kappa shape index (κ3) is 5.22. The minimum absolute atomic E-state index is 0.186. The van der Waals surface area contributed by atoms with E-state index in [0.717, 1.165) is 6.42 Å². The van der Waals surface area contributed by atoms with Gasteiger partial charge in [0.05, 0.1) is 0 Å². The molecule has 1 aromatic carbocycles. The summed E-state index contributed by atoms with van der Waals surface area (Å²) in [7, 11) is 1.62. The highest BCUT2D eigenvalue weighted by Gasteiger charge is 2.12. The van der Waals surface area contributed by atoms with Gasteiger partial charge in [0.15, 0.2) is 10.4 Å². The van der Waals surface area contributed by atoms with Gasteiger partial charge in [0.2, 0.25) is 0 Å². The van der Waals surface area contributed by atoms with Gasteiger partial charge < -0.3 is 19.8 Å². The van der Waals surface area contributed by atoms with E-state index in [1.807, 2.05) is 0 Å². The zero-order valence-electron chi connectivity index (χ0n) is 12.6. The average molecular weight is 381 g/mol. The van der Waals surface area contributed by atoms with Gasteiger partial charge in [0.1, 0.15) is 0 Å². The second-order valence-electron chi connectivity index (χ2n) is 4.74. The van der Waals surface area contributed by atoms with E-state index >= 15 is 0 Å². The van der Waals surface area contributed by atoms with Gasteiger partial charge in [-0.05, 0) is 52.7 Å². The lowest BCUT2D eigenvalue weighted by Gasteiger charge is -2.07. The van der Waals surface area contributed by atoms with Crippen LogP contribution >= 0.6 is 15.9 Å².